The van der Waals surface area contributed by atoms with Gasteiger partial charge in [0.15, 0.2) is 0 Å². The first-order valence-electron chi connectivity index (χ1n) is 10.2. The quantitative estimate of drug-likeness (QED) is 0.346. The fourth-order valence-corrected chi connectivity index (χ4v) is 3.08. The van der Waals surface area contributed by atoms with Gasteiger partial charge in [-0.2, -0.15) is 0 Å². The fourth-order valence-electron chi connectivity index (χ4n) is 3.08. The van der Waals surface area contributed by atoms with Crippen LogP contribution in [0.15, 0.2) is 103 Å². The first-order valence-corrected chi connectivity index (χ1v) is 10.2. The largest absolute Gasteiger partial charge is 0.508 e. The normalized spacial score (nSPS) is 10.5. The van der Waals surface area contributed by atoms with Crippen molar-refractivity contribution in [3.63, 3.8) is 0 Å². The van der Waals surface area contributed by atoms with Crippen molar-refractivity contribution in [2.45, 2.75) is 19.8 Å². The number of nitrogens with one attached hydrogen (secondary N) is 1. The molecule has 4 rings (SSSR count). The lowest BCUT2D eigenvalue weighted by atomic mass is 10.2. The van der Waals surface area contributed by atoms with Crippen molar-refractivity contribution in [2.24, 2.45) is 0 Å². The summed E-state index contributed by atoms with van der Waals surface area (Å²) in [5.41, 5.74) is 4.39. The van der Waals surface area contributed by atoms with E-state index in [1.165, 1.54) is 0 Å². The standard InChI is InChI=1S/C27H25NO3/c29-25-12-8-21(9-13-25)18-28-24-10-6-23(7-11-24)20-31-27-16-14-26(15-17-27)30-19-22-4-2-1-3-5-22/h1-17,28-29H,18-20H2. The Hall–Kier alpha value is -3.92. The molecule has 0 aliphatic rings. The summed E-state index contributed by atoms with van der Waals surface area (Å²) in [4.78, 5) is 0. The number of ether oxygens (including phenoxy) is 2. The zero-order chi connectivity index (χ0) is 21.3. The summed E-state index contributed by atoms with van der Waals surface area (Å²) in [5.74, 6) is 1.91. The van der Waals surface area contributed by atoms with Gasteiger partial charge < -0.3 is 19.9 Å². The molecule has 0 saturated carbocycles. The SMILES string of the molecule is Oc1ccc(CNc2ccc(COc3ccc(OCc4ccccc4)cc3)cc2)cc1. The molecular formula is C27H25NO3. The summed E-state index contributed by atoms with van der Waals surface area (Å²) in [6.07, 6.45) is 0. The zero-order valence-electron chi connectivity index (χ0n) is 17.2. The van der Waals surface area contributed by atoms with Crippen LogP contribution in [0.2, 0.25) is 0 Å². The number of phenolic OH excluding ortho intramolecular Hbond substituents is 1. The van der Waals surface area contributed by atoms with Gasteiger partial charge in [0.25, 0.3) is 0 Å². The highest BCUT2D eigenvalue weighted by Gasteiger charge is 2.00. The predicted octanol–water partition coefficient (Wildman–Crippen LogP) is 6.16. The first-order chi connectivity index (χ1) is 15.2. The molecule has 0 bridgehead atoms. The first kappa shape index (κ1) is 20.4. The van der Waals surface area contributed by atoms with Gasteiger partial charge in [0.2, 0.25) is 0 Å². The van der Waals surface area contributed by atoms with Gasteiger partial charge in [-0.05, 0) is 65.2 Å². The highest BCUT2D eigenvalue weighted by Crippen LogP contribution is 2.20. The highest BCUT2D eigenvalue weighted by molar-refractivity contribution is 5.45. The molecule has 0 spiro atoms. The molecule has 4 nitrogen and oxygen atoms in total. The molecule has 0 aliphatic carbocycles. The average Bonchev–Trinajstić information content (AvgIpc) is 2.83. The van der Waals surface area contributed by atoms with Crippen molar-refractivity contribution in [1.82, 2.24) is 0 Å². The van der Waals surface area contributed by atoms with Gasteiger partial charge in [0.05, 0.1) is 0 Å². The lowest BCUT2D eigenvalue weighted by molar-refractivity contribution is 0.297. The summed E-state index contributed by atoms with van der Waals surface area (Å²) in [7, 11) is 0. The van der Waals surface area contributed by atoms with Crippen LogP contribution < -0.4 is 14.8 Å². The van der Waals surface area contributed by atoms with Gasteiger partial charge in [0, 0.05) is 12.2 Å². The Morgan fingerprint density at radius 2 is 1.06 bits per heavy atom. The van der Waals surface area contributed by atoms with E-state index in [9.17, 15) is 5.11 Å². The Balaban J connectivity index is 1.22. The van der Waals surface area contributed by atoms with Gasteiger partial charge in [-0.3, -0.25) is 0 Å². The van der Waals surface area contributed by atoms with Crippen LogP contribution in [0.25, 0.3) is 0 Å². The molecule has 0 atom stereocenters. The molecular weight excluding hydrogens is 386 g/mol. The van der Waals surface area contributed by atoms with E-state index in [1.54, 1.807) is 12.1 Å². The Morgan fingerprint density at radius 3 is 1.65 bits per heavy atom. The van der Waals surface area contributed by atoms with E-state index in [-0.39, 0.29) is 5.75 Å². The Kier molecular flexibility index (Phi) is 6.71. The summed E-state index contributed by atoms with van der Waals surface area (Å²) in [6, 6.07) is 33.2. The molecule has 31 heavy (non-hydrogen) atoms. The van der Waals surface area contributed by atoms with Crippen LogP contribution in [0.4, 0.5) is 5.69 Å². The van der Waals surface area contributed by atoms with E-state index >= 15 is 0 Å². The lowest BCUT2D eigenvalue weighted by Crippen LogP contribution is -2.00. The van der Waals surface area contributed by atoms with E-state index < -0.39 is 0 Å². The van der Waals surface area contributed by atoms with Crippen molar-refractivity contribution in [2.75, 3.05) is 5.32 Å². The summed E-state index contributed by atoms with van der Waals surface area (Å²) in [6.45, 7) is 1.76. The third-order valence-corrected chi connectivity index (χ3v) is 4.86. The molecule has 4 heteroatoms. The summed E-state index contributed by atoms with van der Waals surface area (Å²) >= 11 is 0. The van der Waals surface area contributed by atoms with Crippen LogP contribution in [-0.2, 0) is 19.8 Å². The molecule has 156 valence electrons. The minimum Gasteiger partial charge on any atom is -0.508 e. The third kappa shape index (κ3) is 6.28. The van der Waals surface area contributed by atoms with Crippen LogP contribution in [-0.4, -0.2) is 5.11 Å². The van der Waals surface area contributed by atoms with Gasteiger partial charge >= 0.3 is 0 Å². The molecule has 0 amide bonds. The molecule has 0 radical (unpaired) electrons. The highest BCUT2D eigenvalue weighted by atomic mass is 16.5. The number of benzene rings is 4. The Bertz CT molecular complexity index is 1060. The molecule has 0 fully saturated rings. The number of aromatic hydroxyl groups is 1. The van der Waals surface area contributed by atoms with Crippen molar-refractivity contribution in [3.8, 4) is 17.2 Å². The molecule has 0 saturated heterocycles. The molecule has 0 unspecified atom stereocenters. The second-order valence-electron chi connectivity index (χ2n) is 7.25. The second kappa shape index (κ2) is 10.2. The van der Waals surface area contributed by atoms with Gasteiger partial charge in [0.1, 0.15) is 30.5 Å². The van der Waals surface area contributed by atoms with Gasteiger partial charge in [-0.15, -0.1) is 0 Å². The summed E-state index contributed by atoms with van der Waals surface area (Å²) < 4.78 is 11.7. The smallest absolute Gasteiger partial charge is 0.120 e. The molecule has 0 heterocycles. The van der Waals surface area contributed by atoms with Crippen LogP contribution >= 0.6 is 0 Å². The predicted molar refractivity (Wildman–Crippen MR) is 123 cm³/mol. The van der Waals surface area contributed by atoms with E-state index in [0.717, 1.165) is 33.9 Å². The molecule has 2 N–H and O–H groups in total. The van der Waals surface area contributed by atoms with Crippen molar-refractivity contribution in [3.05, 3.63) is 120 Å². The molecule has 0 aromatic heterocycles. The second-order valence-corrected chi connectivity index (χ2v) is 7.25. The Morgan fingerprint density at radius 1 is 0.548 bits per heavy atom. The maximum atomic E-state index is 9.35. The van der Waals surface area contributed by atoms with Crippen LogP contribution in [0.5, 0.6) is 17.2 Å². The van der Waals surface area contributed by atoms with Crippen molar-refractivity contribution in [1.29, 1.82) is 0 Å². The van der Waals surface area contributed by atoms with Crippen molar-refractivity contribution < 1.29 is 14.6 Å². The molecule has 4 aromatic rings. The number of anilines is 1. The monoisotopic (exact) mass is 411 g/mol. The zero-order valence-corrected chi connectivity index (χ0v) is 17.2. The fraction of sp³-hybridized carbons (Fsp3) is 0.111. The number of rotatable bonds is 9. The van der Waals surface area contributed by atoms with Crippen molar-refractivity contribution >= 4 is 5.69 Å². The number of phenols is 1. The minimum absolute atomic E-state index is 0.280. The van der Waals surface area contributed by atoms with E-state index in [0.29, 0.717) is 19.8 Å². The van der Waals surface area contributed by atoms with Crippen LogP contribution in [0.1, 0.15) is 16.7 Å². The molecule has 4 aromatic carbocycles. The van der Waals surface area contributed by atoms with Crippen LogP contribution in [0.3, 0.4) is 0 Å². The third-order valence-electron chi connectivity index (χ3n) is 4.86. The minimum atomic E-state index is 0.280. The lowest BCUT2D eigenvalue weighted by Gasteiger charge is -2.10. The number of hydrogen-bond acceptors (Lipinski definition) is 4. The van der Waals surface area contributed by atoms with Gasteiger partial charge in [-0.25, -0.2) is 0 Å². The number of hydrogen-bond donors (Lipinski definition) is 2. The van der Waals surface area contributed by atoms with E-state index in [1.807, 2.05) is 78.9 Å². The maximum absolute atomic E-state index is 9.35. The van der Waals surface area contributed by atoms with E-state index in [4.69, 9.17) is 9.47 Å². The Labute approximate surface area is 182 Å². The molecule has 0 aliphatic heterocycles. The maximum Gasteiger partial charge on any atom is 0.120 e. The van der Waals surface area contributed by atoms with Gasteiger partial charge in [-0.1, -0.05) is 54.6 Å². The van der Waals surface area contributed by atoms with E-state index in [2.05, 4.69) is 17.4 Å². The topological polar surface area (TPSA) is 50.7 Å². The van der Waals surface area contributed by atoms with Crippen LogP contribution in [0, 0.1) is 0 Å². The average molecular weight is 412 g/mol. The summed E-state index contributed by atoms with van der Waals surface area (Å²) in [5, 5.41) is 12.7.